The maximum absolute atomic E-state index is 2.46. The van der Waals surface area contributed by atoms with Crippen LogP contribution in [0.1, 0.15) is 0 Å². The lowest BCUT2D eigenvalue weighted by Crippen LogP contribution is -1.94. The van der Waals surface area contributed by atoms with E-state index in [0.29, 0.717) is 0 Å². The molecule has 0 atom stereocenters. The van der Waals surface area contributed by atoms with Gasteiger partial charge < -0.3 is 9.13 Å². The Morgan fingerprint density at radius 2 is 0.719 bits per heavy atom. The summed E-state index contributed by atoms with van der Waals surface area (Å²) in [5.41, 5.74) is 14.4. The van der Waals surface area contributed by atoms with Gasteiger partial charge in [0.1, 0.15) is 0 Å². The van der Waals surface area contributed by atoms with Crippen molar-refractivity contribution in [3.63, 3.8) is 0 Å². The van der Waals surface area contributed by atoms with Crippen molar-refractivity contribution in [1.29, 1.82) is 0 Å². The lowest BCUT2D eigenvalue weighted by molar-refractivity contribution is 1.18. The largest absolute Gasteiger partial charge is 0.309 e. The maximum Gasteiger partial charge on any atom is 0.0555 e. The van der Waals surface area contributed by atoms with Crippen LogP contribution in [0.25, 0.3) is 109 Å². The number of fused-ring (bicyclic) bond motifs is 9. The molecule has 0 bridgehead atoms. The predicted molar refractivity (Wildman–Crippen MR) is 244 cm³/mol. The van der Waals surface area contributed by atoms with Crippen molar-refractivity contribution >= 4 is 75.1 Å². The quantitative estimate of drug-likeness (QED) is 0.166. The molecule has 0 spiro atoms. The molecular formula is C54H34N2S. The number of nitrogens with zero attached hydrogens (tertiary/aromatic N) is 2. The third-order valence-corrected chi connectivity index (χ3v) is 12.8. The molecule has 0 unspecified atom stereocenters. The highest BCUT2D eigenvalue weighted by Crippen LogP contribution is 2.43. The van der Waals surface area contributed by atoms with Gasteiger partial charge >= 0.3 is 0 Å². The summed E-state index contributed by atoms with van der Waals surface area (Å²) in [5.74, 6) is 0. The fourth-order valence-electron chi connectivity index (χ4n) is 9.04. The first-order chi connectivity index (χ1) is 28.2. The number of para-hydroxylation sites is 1. The first-order valence-electron chi connectivity index (χ1n) is 19.5. The van der Waals surface area contributed by atoms with Gasteiger partial charge in [-0.15, -0.1) is 11.3 Å². The van der Waals surface area contributed by atoms with E-state index in [0.717, 1.165) is 11.4 Å². The third-order valence-electron chi connectivity index (χ3n) is 11.7. The lowest BCUT2D eigenvalue weighted by atomic mass is 10.00. The Morgan fingerprint density at radius 1 is 0.246 bits per heavy atom. The molecule has 0 N–H and O–H groups in total. The van der Waals surface area contributed by atoms with E-state index in [2.05, 4.69) is 215 Å². The second-order valence-corrected chi connectivity index (χ2v) is 16.0. The Balaban J connectivity index is 1.06. The van der Waals surface area contributed by atoms with E-state index in [9.17, 15) is 0 Å². The van der Waals surface area contributed by atoms with E-state index >= 15 is 0 Å². The van der Waals surface area contributed by atoms with Crippen molar-refractivity contribution in [3.05, 3.63) is 206 Å². The number of hydrogen-bond acceptors (Lipinski definition) is 1. The van der Waals surface area contributed by atoms with Gasteiger partial charge in [0, 0.05) is 53.1 Å². The third kappa shape index (κ3) is 5.10. The topological polar surface area (TPSA) is 9.86 Å². The van der Waals surface area contributed by atoms with Gasteiger partial charge in [0.05, 0.1) is 22.1 Å². The molecule has 3 aromatic heterocycles. The molecule has 266 valence electrons. The number of hydrogen-bond donors (Lipinski definition) is 0. The molecule has 0 aliphatic rings. The molecule has 0 saturated carbocycles. The SMILES string of the molecule is c1ccc(-c2cccc(-n3c4ccccc4c4cc(-c5ccc6c(c5)c5cc7c(cc5n6-c5cccc(-c6ccccc6)c5)sc5ccccc57)ccc43)c2)cc1. The number of aromatic nitrogens is 2. The fourth-order valence-corrected chi connectivity index (χ4v) is 10.2. The Morgan fingerprint density at radius 3 is 1.37 bits per heavy atom. The Hall–Kier alpha value is -7.20. The summed E-state index contributed by atoms with van der Waals surface area (Å²) in [6.45, 7) is 0. The van der Waals surface area contributed by atoms with Crippen LogP contribution in [0, 0.1) is 0 Å². The van der Waals surface area contributed by atoms with Gasteiger partial charge in [-0.2, -0.15) is 0 Å². The summed E-state index contributed by atoms with van der Waals surface area (Å²) in [4.78, 5) is 0. The minimum atomic E-state index is 1.16. The fraction of sp³-hybridized carbons (Fsp3) is 0. The van der Waals surface area contributed by atoms with Crippen LogP contribution in [0.15, 0.2) is 206 Å². The van der Waals surface area contributed by atoms with E-state index in [4.69, 9.17) is 0 Å². The second-order valence-electron chi connectivity index (χ2n) is 14.9. The average Bonchev–Trinajstić information content (AvgIpc) is 3.93. The average molecular weight is 743 g/mol. The molecular weight excluding hydrogens is 709 g/mol. The van der Waals surface area contributed by atoms with Gasteiger partial charge in [0.2, 0.25) is 0 Å². The smallest absolute Gasteiger partial charge is 0.0555 e. The number of rotatable bonds is 5. The second kappa shape index (κ2) is 12.7. The Bertz CT molecular complexity index is 3510. The van der Waals surface area contributed by atoms with Crippen LogP contribution in [-0.4, -0.2) is 9.13 Å². The van der Waals surface area contributed by atoms with Crippen LogP contribution in [0.3, 0.4) is 0 Å². The molecule has 57 heavy (non-hydrogen) atoms. The number of thiophene rings is 1. The molecule has 9 aromatic carbocycles. The van der Waals surface area contributed by atoms with Crippen LogP contribution < -0.4 is 0 Å². The monoisotopic (exact) mass is 742 g/mol. The molecule has 2 nitrogen and oxygen atoms in total. The molecule has 0 radical (unpaired) electrons. The van der Waals surface area contributed by atoms with Gasteiger partial charge in [0.15, 0.2) is 0 Å². The Labute approximate surface area is 333 Å². The first-order valence-corrected chi connectivity index (χ1v) is 20.3. The normalized spacial score (nSPS) is 11.9. The molecule has 3 heterocycles. The predicted octanol–water partition coefficient (Wildman–Crippen LogP) is 15.2. The van der Waals surface area contributed by atoms with E-state index in [1.165, 1.54) is 97.2 Å². The van der Waals surface area contributed by atoms with Crippen molar-refractivity contribution in [2.75, 3.05) is 0 Å². The Kier molecular flexibility index (Phi) is 7.13. The van der Waals surface area contributed by atoms with E-state index in [-0.39, 0.29) is 0 Å². The van der Waals surface area contributed by atoms with Gasteiger partial charge in [0.25, 0.3) is 0 Å². The van der Waals surface area contributed by atoms with E-state index in [1.54, 1.807) is 0 Å². The van der Waals surface area contributed by atoms with Gasteiger partial charge in [-0.3, -0.25) is 0 Å². The molecule has 0 aliphatic carbocycles. The minimum absolute atomic E-state index is 1.16. The molecule has 12 aromatic rings. The zero-order chi connectivity index (χ0) is 37.5. The summed E-state index contributed by atoms with van der Waals surface area (Å²) < 4.78 is 7.51. The van der Waals surface area contributed by atoms with Gasteiger partial charge in [-0.25, -0.2) is 0 Å². The zero-order valence-electron chi connectivity index (χ0n) is 30.9. The van der Waals surface area contributed by atoms with E-state index < -0.39 is 0 Å². The van der Waals surface area contributed by atoms with Crippen molar-refractivity contribution in [1.82, 2.24) is 9.13 Å². The summed E-state index contributed by atoms with van der Waals surface area (Å²) in [5, 5.41) is 7.66. The van der Waals surface area contributed by atoms with Gasteiger partial charge in [-0.05, 0) is 106 Å². The first kappa shape index (κ1) is 32.1. The molecule has 0 fully saturated rings. The minimum Gasteiger partial charge on any atom is -0.309 e. The van der Waals surface area contributed by atoms with Crippen LogP contribution in [0.5, 0.6) is 0 Å². The molecule has 0 amide bonds. The van der Waals surface area contributed by atoms with Crippen LogP contribution in [0.2, 0.25) is 0 Å². The highest BCUT2D eigenvalue weighted by Gasteiger charge is 2.18. The lowest BCUT2D eigenvalue weighted by Gasteiger charge is -2.11. The summed E-state index contributed by atoms with van der Waals surface area (Å²) >= 11 is 1.88. The van der Waals surface area contributed by atoms with Crippen LogP contribution in [0.4, 0.5) is 0 Å². The van der Waals surface area contributed by atoms with E-state index in [1.807, 2.05) is 11.3 Å². The molecule has 0 aliphatic heterocycles. The van der Waals surface area contributed by atoms with Crippen LogP contribution in [-0.2, 0) is 0 Å². The summed E-state index contributed by atoms with van der Waals surface area (Å²) in [6, 6.07) is 75.7. The van der Waals surface area contributed by atoms with Crippen LogP contribution >= 0.6 is 11.3 Å². The molecule has 12 rings (SSSR count). The molecule has 0 saturated heterocycles. The summed E-state index contributed by atoms with van der Waals surface area (Å²) in [6.07, 6.45) is 0. The van der Waals surface area contributed by atoms with Gasteiger partial charge in [-0.1, -0.05) is 133 Å². The van der Waals surface area contributed by atoms with Crippen molar-refractivity contribution in [3.8, 4) is 44.8 Å². The highest BCUT2D eigenvalue weighted by molar-refractivity contribution is 7.25. The highest BCUT2D eigenvalue weighted by atomic mass is 32.1. The zero-order valence-corrected chi connectivity index (χ0v) is 31.7. The van der Waals surface area contributed by atoms with Crippen molar-refractivity contribution in [2.45, 2.75) is 0 Å². The maximum atomic E-state index is 2.46. The van der Waals surface area contributed by atoms with Crippen molar-refractivity contribution < 1.29 is 0 Å². The molecule has 3 heteroatoms. The standard InChI is InChI=1S/C54H34N2S/c1-3-13-35(14-4-1)37-17-11-19-41(29-37)55-49-23-9-7-21-43(49)45-31-39(25-27-50(45)55)40-26-28-51-46(32-40)47-33-48-44-22-8-10-24-53(44)57-54(48)34-52(47)56(51)42-20-12-18-38(30-42)36-15-5-2-6-16-36/h1-34H. The number of benzene rings is 9. The van der Waals surface area contributed by atoms with Crippen molar-refractivity contribution in [2.24, 2.45) is 0 Å². The summed E-state index contributed by atoms with van der Waals surface area (Å²) in [7, 11) is 0.